The standard InChI is InChI=1S/C24H26N2O2/c27-24(23(19-10-3-1-4-11-19)20-12-5-2-6-13-20)25-18-21(22-14-9-17-28-22)26-15-7-8-16-26/h1-6,9-14,17,21,23H,7-8,15-16,18H2,(H,25,27)/p+1/t21-/m0/s1. The van der Waals surface area contributed by atoms with E-state index in [1.54, 1.807) is 6.26 Å². The Bertz CT molecular complexity index is 817. The number of nitrogens with one attached hydrogen (secondary N) is 2. The number of hydrogen-bond donors (Lipinski definition) is 2. The van der Waals surface area contributed by atoms with Crippen LogP contribution in [0.25, 0.3) is 0 Å². The first-order chi connectivity index (χ1) is 13.8. The molecule has 1 aliphatic rings. The lowest BCUT2D eigenvalue weighted by Crippen LogP contribution is -3.11. The van der Waals surface area contributed by atoms with Gasteiger partial charge >= 0.3 is 0 Å². The number of amides is 1. The summed E-state index contributed by atoms with van der Waals surface area (Å²) in [6, 6.07) is 24.1. The van der Waals surface area contributed by atoms with Crippen molar-refractivity contribution in [3.05, 3.63) is 95.9 Å². The van der Waals surface area contributed by atoms with Gasteiger partial charge in [-0.2, -0.15) is 0 Å². The number of carbonyl (C=O) groups excluding carboxylic acids is 1. The van der Waals surface area contributed by atoms with Gasteiger partial charge in [-0.25, -0.2) is 0 Å². The van der Waals surface area contributed by atoms with Gasteiger partial charge in [-0.3, -0.25) is 4.79 Å². The van der Waals surface area contributed by atoms with Crippen LogP contribution in [0.1, 0.15) is 41.7 Å². The Kier molecular flexibility index (Phi) is 5.88. The van der Waals surface area contributed by atoms with Crippen molar-refractivity contribution in [2.45, 2.75) is 24.8 Å². The smallest absolute Gasteiger partial charge is 0.232 e. The number of quaternary nitrogens is 1. The molecule has 0 saturated carbocycles. The van der Waals surface area contributed by atoms with Crippen molar-refractivity contribution in [2.24, 2.45) is 0 Å². The number of rotatable bonds is 7. The average Bonchev–Trinajstić information content (AvgIpc) is 3.45. The van der Waals surface area contributed by atoms with Gasteiger partial charge in [0, 0.05) is 12.8 Å². The molecule has 2 aromatic carbocycles. The minimum absolute atomic E-state index is 0.0348. The van der Waals surface area contributed by atoms with Gasteiger partial charge in [0.05, 0.1) is 31.8 Å². The molecular formula is C24H27N2O2+. The quantitative estimate of drug-likeness (QED) is 0.667. The molecule has 2 N–H and O–H groups in total. The molecule has 4 nitrogen and oxygen atoms in total. The lowest BCUT2D eigenvalue weighted by Gasteiger charge is -2.24. The predicted molar refractivity (Wildman–Crippen MR) is 109 cm³/mol. The third kappa shape index (κ3) is 4.18. The topological polar surface area (TPSA) is 46.7 Å². The van der Waals surface area contributed by atoms with E-state index in [2.05, 4.69) is 5.32 Å². The second-order valence-corrected chi connectivity index (χ2v) is 7.43. The Balaban J connectivity index is 1.54. The summed E-state index contributed by atoms with van der Waals surface area (Å²) in [7, 11) is 0. The number of benzene rings is 2. The molecule has 1 saturated heterocycles. The highest BCUT2D eigenvalue weighted by Crippen LogP contribution is 2.25. The van der Waals surface area contributed by atoms with Crippen LogP contribution in [0.4, 0.5) is 0 Å². The van der Waals surface area contributed by atoms with Gasteiger partial charge < -0.3 is 14.6 Å². The van der Waals surface area contributed by atoms with Gasteiger partial charge in [-0.1, -0.05) is 60.7 Å². The fourth-order valence-electron chi connectivity index (χ4n) is 4.20. The molecule has 3 aromatic rings. The Labute approximate surface area is 166 Å². The Morgan fingerprint density at radius 2 is 1.50 bits per heavy atom. The van der Waals surface area contributed by atoms with Crippen molar-refractivity contribution in [1.29, 1.82) is 0 Å². The Morgan fingerprint density at radius 1 is 0.893 bits per heavy atom. The molecule has 144 valence electrons. The first-order valence-corrected chi connectivity index (χ1v) is 10.1. The fourth-order valence-corrected chi connectivity index (χ4v) is 4.20. The van der Waals surface area contributed by atoms with Gasteiger partial charge in [0.25, 0.3) is 0 Å². The van der Waals surface area contributed by atoms with Gasteiger partial charge in [-0.15, -0.1) is 0 Å². The van der Waals surface area contributed by atoms with Crippen molar-refractivity contribution in [1.82, 2.24) is 5.32 Å². The van der Waals surface area contributed by atoms with E-state index in [9.17, 15) is 4.79 Å². The molecule has 1 amide bonds. The van der Waals surface area contributed by atoms with E-state index in [0.29, 0.717) is 6.54 Å². The predicted octanol–water partition coefficient (Wildman–Crippen LogP) is 2.95. The second-order valence-electron chi connectivity index (χ2n) is 7.43. The maximum absolute atomic E-state index is 13.3. The summed E-state index contributed by atoms with van der Waals surface area (Å²) >= 11 is 0. The van der Waals surface area contributed by atoms with E-state index in [0.717, 1.165) is 30.0 Å². The van der Waals surface area contributed by atoms with Gasteiger partial charge in [-0.05, 0) is 23.3 Å². The van der Waals surface area contributed by atoms with E-state index >= 15 is 0 Å². The zero-order chi connectivity index (χ0) is 19.2. The maximum Gasteiger partial charge on any atom is 0.232 e. The summed E-state index contributed by atoms with van der Waals surface area (Å²) in [5.41, 5.74) is 2.02. The highest BCUT2D eigenvalue weighted by atomic mass is 16.3. The second kappa shape index (κ2) is 8.89. The van der Waals surface area contributed by atoms with Crippen LogP contribution in [0.5, 0.6) is 0 Å². The van der Waals surface area contributed by atoms with Crippen molar-refractivity contribution < 1.29 is 14.1 Å². The van der Waals surface area contributed by atoms with Crippen LogP contribution in [0, 0.1) is 0 Å². The summed E-state index contributed by atoms with van der Waals surface area (Å²) in [6.07, 6.45) is 4.19. The van der Waals surface area contributed by atoms with Crippen LogP contribution in [-0.4, -0.2) is 25.5 Å². The zero-order valence-electron chi connectivity index (χ0n) is 16.0. The summed E-state index contributed by atoms with van der Waals surface area (Å²) in [5.74, 6) is 0.675. The van der Waals surface area contributed by atoms with Crippen molar-refractivity contribution in [3.63, 3.8) is 0 Å². The molecule has 4 heteroatoms. The first-order valence-electron chi connectivity index (χ1n) is 10.1. The summed E-state index contributed by atoms with van der Waals surface area (Å²) in [5, 5.41) is 3.23. The van der Waals surface area contributed by atoms with Crippen LogP contribution in [0.2, 0.25) is 0 Å². The summed E-state index contributed by atoms with van der Waals surface area (Å²) < 4.78 is 5.70. The normalized spacial score (nSPS) is 15.6. The maximum atomic E-state index is 13.3. The molecule has 1 fully saturated rings. The molecule has 4 rings (SSSR count). The van der Waals surface area contributed by atoms with Crippen LogP contribution in [-0.2, 0) is 4.79 Å². The lowest BCUT2D eigenvalue weighted by atomic mass is 9.90. The first kappa shape index (κ1) is 18.5. The van der Waals surface area contributed by atoms with Gasteiger partial charge in [0.15, 0.2) is 11.8 Å². The van der Waals surface area contributed by atoms with E-state index in [-0.39, 0.29) is 17.9 Å². The molecule has 0 aliphatic carbocycles. The van der Waals surface area contributed by atoms with E-state index in [1.165, 1.54) is 17.7 Å². The Morgan fingerprint density at radius 3 is 2.04 bits per heavy atom. The number of hydrogen-bond acceptors (Lipinski definition) is 2. The number of likely N-dealkylation sites (tertiary alicyclic amines) is 1. The molecule has 0 unspecified atom stereocenters. The van der Waals surface area contributed by atoms with Crippen LogP contribution in [0.3, 0.4) is 0 Å². The largest absolute Gasteiger partial charge is 0.463 e. The van der Waals surface area contributed by atoms with Crippen molar-refractivity contribution in [3.8, 4) is 0 Å². The van der Waals surface area contributed by atoms with Gasteiger partial charge in [0.1, 0.15) is 0 Å². The summed E-state index contributed by atoms with van der Waals surface area (Å²) in [6.45, 7) is 2.84. The molecule has 2 heterocycles. The minimum atomic E-state index is -0.312. The molecule has 28 heavy (non-hydrogen) atoms. The SMILES string of the molecule is O=C(NC[C@@H](c1ccco1)[NH+]1CCCC1)C(c1ccccc1)c1ccccc1. The number of carbonyl (C=O) groups is 1. The van der Waals surface area contributed by atoms with Gasteiger partial charge in [0.2, 0.25) is 5.91 Å². The van der Waals surface area contributed by atoms with E-state index in [4.69, 9.17) is 4.42 Å². The lowest BCUT2D eigenvalue weighted by molar-refractivity contribution is -0.919. The summed E-state index contributed by atoms with van der Waals surface area (Å²) in [4.78, 5) is 14.8. The third-order valence-electron chi connectivity index (χ3n) is 5.63. The molecule has 1 aliphatic heterocycles. The average molecular weight is 375 g/mol. The van der Waals surface area contributed by atoms with Crippen LogP contribution < -0.4 is 10.2 Å². The van der Waals surface area contributed by atoms with Crippen LogP contribution in [0.15, 0.2) is 83.5 Å². The van der Waals surface area contributed by atoms with E-state index < -0.39 is 0 Å². The molecule has 1 atom stereocenters. The molecule has 0 spiro atoms. The van der Waals surface area contributed by atoms with Crippen LogP contribution >= 0.6 is 0 Å². The molecule has 1 aromatic heterocycles. The van der Waals surface area contributed by atoms with Crippen molar-refractivity contribution in [2.75, 3.05) is 19.6 Å². The fraction of sp³-hybridized carbons (Fsp3) is 0.292. The third-order valence-corrected chi connectivity index (χ3v) is 5.63. The highest BCUT2D eigenvalue weighted by Gasteiger charge is 2.31. The number of furan rings is 1. The minimum Gasteiger partial charge on any atom is -0.463 e. The molecule has 0 bridgehead atoms. The zero-order valence-corrected chi connectivity index (χ0v) is 16.0. The van der Waals surface area contributed by atoms with E-state index in [1.807, 2.05) is 72.8 Å². The molecular weight excluding hydrogens is 348 g/mol. The monoisotopic (exact) mass is 375 g/mol. The highest BCUT2D eigenvalue weighted by molar-refractivity contribution is 5.87. The van der Waals surface area contributed by atoms with Crippen molar-refractivity contribution >= 4 is 5.91 Å². The Hall–Kier alpha value is -2.85. The molecule has 0 radical (unpaired) electrons.